The minimum Gasteiger partial charge on any atom is -0.496 e. The lowest BCUT2D eigenvalue weighted by Crippen LogP contribution is -2.46. The highest BCUT2D eigenvalue weighted by Crippen LogP contribution is 2.20. The van der Waals surface area contributed by atoms with Crippen LogP contribution < -0.4 is 15.4 Å². The molecular formula is C21H37IN4O. The van der Waals surface area contributed by atoms with E-state index in [2.05, 4.69) is 53.4 Å². The number of aliphatic imine (C=N–C) groups is 1. The monoisotopic (exact) mass is 488 g/mol. The summed E-state index contributed by atoms with van der Waals surface area (Å²) in [5.74, 6) is 2.54. The molecule has 1 aliphatic rings. The first-order valence-corrected chi connectivity index (χ1v) is 9.85. The number of methoxy groups -OCH3 is 1. The summed E-state index contributed by atoms with van der Waals surface area (Å²) in [5.41, 5.74) is 2.49. The molecule has 0 bridgehead atoms. The Labute approximate surface area is 182 Å². The number of benzene rings is 1. The number of hydrogen-bond acceptors (Lipinski definition) is 3. The smallest absolute Gasteiger partial charge is 0.190 e. The Morgan fingerprint density at radius 2 is 2.11 bits per heavy atom. The van der Waals surface area contributed by atoms with E-state index in [-0.39, 0.29) is 24.0 Å². The summed E-state index contributed by atoms with van der Waals surface area (Å²) in [4.78, 5) is 6.95. The molecule has 1 aliphatic heterocycles. The van der Waals surface area contributed by atoms with Crippen LogP contribution in [0.1, 0.15) is 37.8 Å². The molecule has 27 heavy (non-hydrogen) atoms. The predicted molar refractivity (Wildman–Crippen MR) is 126 cm³/mol. The number of hydrogen-bond donors (Lipinski definition) is 2. The molecule has 2 rings (SSSR count). The van der Waals surface area contributed by atoms with Crippen LogP contribution in [0.15, 0.2) is 23.2 Å². The summed E-state index contributed by atoms with van der Waals surface area (Å²) in [6.07, 6.45) is 3.51. The van der Waals surface area contributed by atoms with Crippen molar-refractivity contribution in [3.8, 4) is 5.75 Å². The summed E-state index contributed by atoms with van der Waals surface area (Å²) in [5, 5.41) is 6.94. The molecule has 1 atom stereocenters. The zero-order chi connectivity index (χ0) is 18.9. The fourth-order valence-corrected chi connectivity index (χ4v) is 3.61. The van der Waals surface area contributed by atoms with Gasteiger partial charge in [-0.3, -0.25) is 4.99 Å². The Kier molecular flexibility index (Phi) is 11.1. The molecule has 0 aromatic heterocycles. The Morgan fingerprint density at radius 3 is 2.78 bits per heavy atom. The van der Waals surface area contributed by atoms with Gasteiger partial charge < -0.3 is 20.3 Å². The molecule has 1 fully saturated rings. The van der Waals surface area contributed by atoms with E-state index < -0.39 is 0 Å². The van der Waals surface area contributed by atoms with Crippen LogP contribution in [0.3, 0.4) is 0 Å². The van der Waals surface area contributed by atoms with Gasteiger partial charge in [0.1, 0.15) is 5.75 Å². The van der Waals surface area contributed by atoms with Crippen LogP contribution in [0.5, 0.6) is 5.75 Å². The third kappa shape index (κ3) is 7.86. The van der Waals surface area contributed by atoms with Crippen molar-refractivity contribution >= 4 is 29.9 Å². The van der Waals surface area contributed by atoms with E-state index in [1.807, 2.05) is 13.1 Å². The van der Waals surface area contributed by atoms with E-state index in [4.69, 9.17) is 4.74 Å². The summed E-state index contributed by atoms with van der Waals surface area (Å²) in [7, 11) is 3.57. The van der Waals surface area contributed by atoms with Gasteiger partial charge in [0.2, 0.25) is 0 Å². The van der Waals surface area contributed by atoms with Crippen LogP contribution in [0, 0.1) is 12.8 Å². The fraction of sp³-hybridized carbons (Fsp3) is 0.667. The van der Waals surface area contributed by atoms with Crippen LogP contribution in [0.25, 0.3) is 0 Å². The van der Waals surface area contributed by atoms with Gasteiger partial charge in [-0.05, 0) is 64.1 Å². The molecule has 1 heterocycles. The van der Waals surface area contributed by atoms with Crippen molar-refractivity contribution < 1.29 is 4.74 Å². The first-order valence-electron chi connectivity index (χ1n) is 9.85. The van der Waals surface area contributed by atoms with Crippen LogP contribution in [0.4, 0.5) is 0 Å². The van der Waals surface area contributed by atoms with Gasteiger partial charge in [0.15, 0.2) is 5.96 Å². The number of rotatable bonds is 7. The maximum absolute atomic E-state index is 5.46. The summed E-state index contributed by atoms with van der Waals surface area (Å²) >= 11 is 0. The molecule has 1 aromatic rings. The zero-order valence-corrected chi connectivity index (χ0v) is 19.9. The van der Waals surface area contributed by atoms with E-state index in [0.29, 0.717) is 12.0 Å². The molecule has 0 spiro atoms. The maximum atomic E-state index is 5.46. The van der Waals surface area contributed by atoms with Crippen molar-refractivity contribution in [2.24, 2.45) is 10.9 Å². The number of nitrogens with zero attached hydrogens (tertiary/aromatic N) is 2. The first kappa shape index (κ1) is 24.0. The van der Waals surface area contributed by atoms with Crippen LogP contribution in [-0.4, -0.2) is 57.2 Å². The Hall–Kier alpha value is -1.02. The Bertz CT molecular complexity index is 592. The lowest BCUT2D eigenvalue weighted by Gasteiger charge is -2.35. The molecule has 6 heteroatoms. The minimum absolute atomic E-state index is 0. The second-order valence-corrected chi connectivity index (χ2v) is 7.54. The highest BCUT2D eigenvalue weighted by molar-refractivity contribution is 14.0. The van der Waals surface area contributed by atoms with Gasteiger partial charge in [0, 0.05) is 32.7 Å². The van der Waals surface area contributed by atoms with Crippen molar-refractivity contribution in [2.75, 3.05) is 40.3 Å². The van der Waals surface area contributed by atoms with Crippen molar-refractivity contribution in [1.29, 1.82) is 0 Å². The number of nitrogens with one attached hydrogen (secondary N) is 2. The van der Waals surface area contributed by atoms with E-state index in [1.54, 1.807) is 7.11 Å². The van der Waals surface area contributed by atoms with Crippen molar-refractivity contribution in [1.82, 2.24) is 15.5 Å². The van der Waals surface area contributed by atoms with Crippen LogP contribution >= 0.6 is 24.0 Å². The minimum atomic E-state index is 0. The largest absolute Gasteiger partial charge is 0.496 e. The van der Waals surface area contributed by atoms with Gasteiger partial charge in [-0.1, -0.05) is 17.7 Å². The van der Waals surface area contributed by atoms with Crippen LogP contribution in [-0.2, 0) is 6.42 Å². The van der Waals surface area contributed by atoms with E-state index in [1.165, 1.54) is 37.1 Å². The third-order valence-electron chi connectivity index (χ3n) is 5.19. The lowest BCUT2D eigenvalue weighted by atomic mass is 9.97. The molecule has 0 aliphatic carbocycles. The van der Waals surface area contributed by atoms with Gasteiger partial charge in [-0.2, -0.15) is 0 Å². The number of ether oxygens (including phenoxy) is 1. The number of guanidine groups is 1. The summed E-state index contributed by atoms with van der Waals surface area (Å²) in [6.45, 7) is 10.9. The number of likely N-dealkylation sites (tertiary alicyclic amines) is 1. The van der Waals surface area contributed by atoms with E-state index in [0.717, 1.165) is 31.2 Å². The molecule has 154 valence electrons. The molecule has 1 aromatic carbocycles. The Balaban J connectivity index is 0.00000364. The van der Waals surface area contributed by atoms with E-state index in [9.17, 15) is 0 Å². The topological polar surface area (TPSA) is 48.9 Å². The zero-order valence-electron chi connectivity index (χ0n) is 17.5. The molecule has 5 nitrogen and oxygen atoms in total. The molecule has 1 saturated heterocycles. The average Bonchev–Trinajstić information content (AvgIpc) is 2.65. The highest BCUT2D eigenvalue weighted by atomic mass is 127. The summed E-state index contributed by atoms with van der Waals surface area (Å²) in [6, 6.07) is 6.96. The SMILES string of the molecule is CN=C(NCCc1cc(C)ccc1OC)NCC1CCCN(C(C)C)C1.I. The van der Waals surface area contributed by atoms with Crippen molar-refractivity contribution in [3.05, 3.63) is 29.3 Å². The maximum Gasteiger partial charge on any atom is 0.190 e. The Morgan fingerprint density at radius 1 is 1.33 bits per heavy atom. The fourth-order valence-electron chi connectivity index (χ4n) is 3.61. The van der Waals surface area contributed by atoms with E-state index >= 15 is 0 Å². The molecule has 1 unspecified atom stereocenters. The summed E-state index contributed by atoms with van der Waals surface area (Å²) < 4.78 is 5.46. The second kappa shape index (κ2) is 12.4. The quantitative estimate of drug-likeness (QED) is 0.351. The number of aryl methyl sites for hydroxylation is 1. The molecule has 2 N–H and O–H groups in total. The predicted octanol–water partition coefficient (Wildman–Crippen LogP) is 3.45. The second-order valence-electron chi connectivity index (χ2n) is 7.54. The lowest BCUT2D eigenvalue weighted by molar-refractivity contribution is 0.141. The normalized spacial score (nSPS) is 18.1. The van der Waals surface area contributed by atoms with Crippen molar-refractivity contribution in [2.45, 2.75) is 46.1 Å². The average molecular weight is 488 g/mol. The number of halogens is 1. The third-order valence-corrected chi connectivity index (χ3v) is 5.19. The first-order chi connectivity index (χ1) is 12.5. The van der Waals surface area contributed by atoms with Gasteiger partial charge in [0.25, 0.3) is 0 Å². The number of piperidine rings is 1. The van der Waals surface area contributed by atoms with Gasteiger partial charge in [-0.15, -0.1) is 24.0 Å². The molecule has 0 saturated carbocycles. The van der Waals surface area contributed by atoms with Gasteiger partial charge in [0.05, 0.1) is 7.11 Å². The standard InChI is InChI=1S/C21H36N4O.HI/c1-16(2)25-12-6-7-18(15-25)14-24-21(22-4)23-11-10-19-13-17(3)8-9-20(19)26-5;/h8-9,13,16,18H,6-7,10-12,14-15H2,1-5H3,(H2,22,23,24);1H. The molecule has 0 amide bonds. The molecular weight excluding hydrogens is 451 g/mol. The van der Waals surface area contributed by atoms with Gasteiger partial charge >= 0.3 is 0 Å². The van der Waals surface area contributed by atoms with Gasteiger partial charge in [-0.25, -0.2) is 0 Å². The highest BCUT2D eigenvalue weighted by Gasteiger charge is 2.21. The van der Waals surface area contributed by atoms with Crippen LogP contribution in [0.2, 0.25) is 0 Å². The van der Waals surface area contributed by atoms with Crippen molar-refractivity contribution in [3.63, 3.8) is 0 Å². The molecule has 0 radical (unpaired) electrons.